The maximum Gasteiger partial charge on any atom is 0.0130 e. The Morgan fingerprint density at radius 2 is 1.50 bits per heavy atom. The number of unbranched alkanes of at least 4 members (excludes halogenated alkanes) is 1. The van der Waals surface area contributed by atoms with Crippen molar-refractivity contribution in [2.75, 3.05) is 0 Å². The van der Waals surface area contributed by atoms with E-state index in [0.29, 0.717) is 0 Å². The molecule has 1 N–H and O–H groups in total. The van der Waals surface area contributed by atoms with Crippen molar-refractivity contribution < 1.29 is 0 Å². The molecule has 0 amide bonds. The molecule has 12 heavy (non-hydrogen) atoms. The molecule has 0 radical (unpaired) electrons. The van der Waals surface area contributed by atoms with Crippen LogP contribution in [0.15, 0.2) is 0 Å². The zero-order valence-electron chi connectivity index (χ0n) is 9.62. The molecular formula is C11H25N. The molecule has 0 heterocycles. The van der Waals surface area contributed by atoms with Crippen LogP contribution in [0.2, 0.25) is 0 Å². The van der Waals surface area contributed by atoms with Gasteiger partial charge in [0.05, 0.1) is 0 Å². The maximum atomic E-state index is 3.63. The Morgan fingerprint density at radius 3 is 1.83 bits per heavy atom. The average molecular weight is 171 g/mol. The van der Waals surface area contributed by atoms with Crippen LogP contribution in [0.1, 0.15) is 60.8 Å². The number of hydrogen-bond acceptors (Lipinski definition) is 1. The number of hydrogen-bond donors (Lipinski definition) is 1. The van der Waals surface area contributed by atoms with E-state index in [2.05, 4.69) is 46.9 Å². The Balaban J connectivity index is 3.86. The summed E-state index contributed by atoms with van der Waals surface area (Å²) < 4.78 is 0. The topological polar surface area (TPSA) is 12.0 Å². The quantitative estimate of drug-likeness (QED) is 0.684. The predicted octanol–water partition coefficient (Wildman–Crippen LogP) is 3.34. The van der Waals surface area contributed by atoms with Crippen LogP contribution in [-0.4, -0.2) is 11.1 Å². The number of nitrogens with one attached hydrogen (secondary N) is 1. The second kappa shape index (κ2) is 4.27. The van der Waals surface area contributed by atoms with Crippen LogP contribution in [0.4, 0.5) is 0 Å². The molecule has 0 fully saturated rings. The second-order valence-corrected chi connectivity index (χ2v) is 5.36. The predicted molar refractivity (Wildman–Crippen MR) is 56.5 cm³/mol. The van der Waals surface area contributed by atoms with Crippen molar-refractivity contribution in [2.45, 2.75) is 71.9 Å². The Labute approximate surface area is 77.9 Å². The molecule has 0 aliphatic heterocycles. The fraction of sp³-hybridized carbons (Fsp3) is 1.00. The van der Waals surface area contributed by atoms with Crippen molar-refractivity contribution in [3.8, 4) is 0 Å². The molecule has 0 saturated carbocycles. The summed E-state index contributed by atoms with van der Waals surface area (Å²) in [6, 6.07) is 0. The highest BCUT2D eigenvalue weighted by Crippen LogP contribution is 2.16. The van der Waals surface area contributed by atoms with E-state index >= 15 is 0 Å². The van der Waals surface area contributed by atoms with Gasteiger partial charge in [0, 0.05) is 11.1 Å². The van der Waals surface area contributed by atoms with E-state index < -0.39 is 0 Å². The molecular weight excluding hydrogens is 146 g/mol. The van der Waals surface area contributed by atoms with Crippen molar-refractivity contribution in [3.05, 3.63) is 0 Å². The van der Waals surface area contributed by atoms with Gasteiger partial charge in [0.15, 0.2) is 0 Å². The molecule has 0 aliphatic carbocycles. The van der Waals surface area contributed by atoms with Crippen LogP contribution in [0.5, 0.6) is 0 Å². The maximum absolute atomic E-state index is 3.63. The SMILES string of the molecule is CCCCC(C)(C)NC(C)(C)C. The van der Waals surface area contributed by atoms with E-state index in [-0.39, 0.29) is 11.1 Å². The van der Waals surface area contributed by atoms with Crippen molar-refractivity contribution >= 4 is 0 Å². The minimum atomic E-state index is 0.233. The fourth-order valence-electron chi connectivity index (χ4n) is 1.70. The molecule has 0 aromatic rings. The van der Waals surface area contributed by atoms with Gasteiger partial charge in [-0.3, -0.25) is 0 Å². The lowest BCUT2D eigenvalue weighted by atomic mass is 9.93. The van der Waals surface area contributed by atoms with Crippen LogP contribution in [-0.2, 0) is 0 Å². The molecule has 0 unspecified atom stereocenters. The summed E-state index contributed by atoms with van der Waals surface area (Å²) in [6.07, 6.45) is 3.87. The van der Waals surface area contributed by atoms with Gasteiger partial charge >= 0.3 is 0 Å². The standard InChI is InChI=1S/C11H25N/c1-7-8-9-11(5,6)12-10(2,3)4/h12H,7-9H2,1-6H3. The summed E-state index contributed by atoms with van der Waals surface area (Å²) >= 11 is 0. The normalized spacial score (nSPS) is 13.5. The van der Waals surface area contributed by atoms with Gasteiger partial charge in [0.25, 0.3) is 0 Å². The molecule has 0 atom stereocenters. The lowest BCUT2D eigenvalue weighted by molar-refractivity contribution is 0.263. The Bertz CT molecular complexity index is 119. The molecule has 0 saturated heterocycles. The molecule has 0 aromatic carbocycles. The van der Waals surface area contributed by atoms with Crippen LogP contribution in [0.3, 0.4) is 0 Å². The van der Waals surface area contributed by atoms with Gasteiger partial charge in [-0.25, -0.2) is 0 Å². The summed E-state index contributed by atoms with van der Waals surface area (Å²) in [6.45, 7) is 13.5. The van der Waals surface area contributed by atoms with Gasteiger partial charge in [0.1, 0.15) is 0 Å². The minimum absolute atomic E-state index is 0.233. The van der Waals surface area contributed by atoms with E-state index in [0.717, 1.165) is 0 Å². The van der Waals surface area contributed by atoms with Gasteiger partial charge in [-0.2, -0.15) is 0 Å². The molecule has 1 nitrogen and oxygen atoms in total. The third-order valence-corrected chi connectivity index (χ3v) is 1.87. The van der Waals surface area contributed by atoms with Crippen molar-refractivity contribution in [2.24, 2.45) is 0 Å². The van der Waals surface area contributed by atoms with E-state index in [1.165, 1.54) is 19.3 Å². The highest BCUT2D eigenvalue weighted by Gasteiger charge is 2.22. The van der Waals surface area contributed by atoms with Crippen molar-refractivity contribution in [3.63, 3.8) is 0 Å². The Morgan fingerprint density at radius 1 is 1.00 bits per heavy atom. The molecule has 74 valence electrons. The van der Waals surface area contributed by atoms with Gasteiger partial charge in [-0.15, -0.1) is 0 Å². The molecule has 0 aliphatic rings. The van der Waals surface area contributed by atoms with Gasteiger partial charge < -0.3 is 5.32 Å². The smallest absolute Gasteiger partial charge is 0.0130 e. The molecule has 0 bridgehead atoms. The van der Waals surface area contributed by atoms with Crippen molar-refractivity contribution in [1.82, 2.24) is 5.32 Å². The Kier molecular flexibility index (Phi) is 4.25. The van der Waals surface area contributed by atoms with Crippen LogP contribution in [0.25, 0.3) is 0 Å². The van der Waals surface area contributed by atoms with Gasteiger partial charge in [-0.1, -0.05) is 19.8 Å². The minimum Gasteiger partial charge on any atom is -0.307 e. The number of rotatable bonds is 4. The highest BCUT2D eigenvalue weighted by molar-refractivity contribution is 4.84. The monoisotopic (exact) mass is 171 g/mol. The largest absolute Gasteiger partial charge is 0.307 e. The third kappa shape index (κ3) is 6.66. The van der Waals surface area contributed by atoms with E-state index in [1.807, 2.05) is 0 Å². The summed E-state index contributed by atoms with van der Waals surface area (Å²) in [5, 5.41) is 3.63. The first kappa shape index (κ1) is 12.0. The summed E-state index contributed by atoms with van der Waals surface area (Å²) in [5.74, 6) is 0. The summed E-state index contributed by atoms with van der Waals surface area (Å²) in [4.78, 5) is 0. The highest BCUT2D eigenvalue weighted by atomic mass is 15.0. The van der Waals surface area contributed by atoms with Gasteiger partial charge in [0.2, 0.25) is 0 Å². The zero-order chi connectivity index (χ0) is 9.83. The molecule has 0 aromatic heterocycles. The van der Waals surface area contributed by atoms with E-state index in [4.69, 9.17) is 0 Å². The first-order valence-electron chi connectivity index (χ1n) is 5.06. The lowest BCUT2D eigenvalue weighted by Gasteiger charge is -2.35. The lowest BCUT2D eigenvalue weighted by Crippen LogP contribution is -2.50. The van der Waals surface area contributed by atoms with Gasteiger partial charge in [-0.05, 0) is 41.0 Å². The summed E-state index contributed by atoms with van der Waals surface area (Å²) in [5.41, 5.74) is 0.519. The van der Waals surface area contributed by atoms with Crippen LogP contribution in [0, 0.1) is 0 Å². The van der Waals surface area contributed by atoms with E-state index in [1.54, 1.807) is 0 Å². The summed E-state index contributed by atoms with van der Waals surface area (Å²) in [7, 11) is 0. The van der Waals surface area contributed by atoms with Crippen LogP contribution < -0.4 is 5.32 Å². The third-order valence-electron chi connectivity index (χ3n) is 1.87. The molecule has 0 spiro atoms. The van der Waals surface area contributed by atoms with E-state index in [9.17, 15) is 0 Å². The Hall–Kier alpha value is -0.0400. The second-order valence-electron chi connectivity index (χ2n) is 5.36. The molecule has 1 heteroatoms. The zero-order valence-corrected chi connectivity index (χ0v) is 9.62. The molecule has 0 rings (SSSR count). The van der Waals surface area contributed by atoms with Crippen molar-refractivity contribution in [1.29, 1.82) is 0 Å². The fourth-order valence-corrected chi connectivity index (χ4v) is 1.70. The average Bonchev–Trinajstić information content (AvgIpc) is 1.78. The first-order chi connectivity index (χ1) is 5.27. The van der Waals surface area contributed by atoms with Crippen LogP contribution >= 0.6 is 0 Å². The first-order valence-corrected chi connectivity index (χ1v) is 5.06.